The molecule has 10 heteroatoms. The van der Waals surface area contributed by atoms with Crippen LogP contribution in [0.4, 0.5) is 13.2 Å². The average Bonchev–Trinajstić information content (AvgIpc) is 3.43. The number of carbonyl (C=O) groups excluding carboxylic acids is 2. The van der Waals surface area contributed by atoms with E-state index in [0.29, 0.717) is 45.2 Å². The fraction of sp³-hybridized carbons (Fsp3) is 0.476. The van der Waals surface area contributed by atoms with Gasteiger partial charge in [-0.3, -0.25) is 14.5 Å². The number of halogens is 3. The van der Waals surface area contributed by atoms with Crippen molar-refractivity contribution in [2.24, 2.45) is 0 Å². The van der Waals surface area contributed by atoms with Crippen LogP contribution in [0.3, 0.4) is 0 Å². The molecule has 1 aromatic carbocycles. The van der Waals surface area contributed by atoms with Crippen LogP contribution in [0.1, 0.15) is 35.3 Å². The van der Waals surface area contributed by atoms with E-state index in [0.717, 1.165) is 25.0 Å². The van der Waals surface area contributed by atoms with Gasteiger partial charge >= 0.3 is 6.18 Å². The van der Waals surface area contributed by atoms with Gasteiger partial charge in [-0.25, -0.2) is 4.68 Å². The number of benzene rings is 1. The van der Waals surface area contributed by atoms with Crippen LogP contribution in [0.5, 0.6) is 0 Å². The molecule has 1 saturated heterocycles. The first-order valence-electron chi connectivity index (χ1n) is 10.3. The lowest BCUT2D eigenvalue weighted by Gasteiger charge is -2.34. The van der Waals surface area contributed by atoms with Crippen molar-refractivity contribution in [1.82, 2.24) is 24.9 Å². The van der Waals surface area contributed by atoms with E-state index in [1.165, 1.54) is 29.1 Å². The molecule has 2 aliphatic rings. The molecular weight excluding hydrogens is 411 g/mol. The zero-order valence-corrected chi connectivity index (χ0v) is 16.9. The van der Waals surface area contributed by atoms with Crippen molar-refractivity contribution in [3.8, 4) is 5.69 Å². The zero-order valence-electron chi connectivity index (χ0n) is 16.9. The number of alkyl halides is 3. The molecule has 1 aromatic heterocycles. The summed E-state index contributed by atoms with van der Waals surface area (Å²) >= 11 is 0. The number of nitrogens with one attached hydrogen (secondary N) is 1. The highest BCUT2D eigenvalue weighted by Crippen LogP contribution is 2.30. The lowest BCUT2D eigenvalue weighted by Crippen LogP contribution is -2.49. The van der Waals surface area contributed by atoms with Crippen LogP contribution in [0.25, 0.3) is 5.69 Å². The van der Waals surface area contributed by atoms with Crippen molar-refractivity contribution < 1.29 is 22.8 Å². The molecular formula is C21H24F3N5O2. The molecule has 4 rings (SSSR count). The fourth-order valence-corrected chi connectivity index (χ4v) is 3.53. The van der Waals surface area contributed by atoms with Gasteiger partial charge in [0.2, 0.25) is 5.91 Å². The summed E-state index contributed by atoms with van der Waals surface area (Å²) in [5.41, 5.74) is -0.340. The van der Waals surface area contributed by atoms with E-state index in [9.17, 15) is 22.8 Å². The minimum atomic E-state index is -4.44. The van der Waals surface area contributed by atoms with Crippen LogP contribution in [-0.4, -0.2) is 70.2 Å². The van der Waals surface area contributed by atoms with Gasteiger partial charge in [0, 0.05) is 51.4 Å². The molecule has 0 atom stereocenters. The van der Waals surface area contributed by atoms with Crippen LogP contribution in [-0.2, 0) is 11.0 Å². The third-order valence-corrected chi connectivity index (χ3v) is 5.50. The molecule has 2 heterocycles. The molecule has 0 unspecified atom stereocenters. The smallest absolute Gasteiger partial charge is 0.353 e. The van der Waals surface area contributed by atoms with E-state index in [4.69, 9.17) is 0 Å². The SMILES string of the molecule is O=C(CCN1CCN(C(=O)c2ccn(-c3cccc(C(F)(F)F)c3)n2)CC1)NC1CC1. The number of amides is 2. The lowest BCUT2D eigenvalue weighted by molar-refractivity contribution is -0.137. The van der Waals surface area contributed by atoms with Crippen LogP contribution >= 0.6 is 0 Å². The third-order valence-electron chi connectivity index (χ3n) is 5.50. The quantitative estimate of drug-likeness (QED) is 0.756. The normalized spacial score (nSPS) is 17.6. The van der Waals surface area contributed by atoms with Crippen molar-refractivity contribution in [3.05, 3.63) is 47.8 Å². The maximum Gasteiger partial charge on any atom is 0.416 e. The Bertz CT molecular complexity index is 946. The van der Waals surface area contributed by atoms with Gasteiger partial charge in [-0.1, -0.05) is 6.07 Å². The topological polar surface area (TPSA) is 70.5 Å². The predicted octanol–water partition coefficient (Wildman–Crippen LogP) is 2.32. The van der Waals surface area contributed by atoms with E-state index in [1.807, 2.05) is 0 Å². The first-order valence-corrected chi connectivity index (χ1v) is 10.3. The van der Waals surface area contributed by atoms with E-state index >= 15 is 0 Å². The van der Waals surface area contributed by atoms with Crippen molar-refractivity contribution in [3.63, 3.8) is 0 Å². The molecule has 0 radical (unpaired) electrons. The second kappa shape index (κ2) is 8.70. The second-order valence-electron chi connectivity index (χ2n) is 7.92. The molecule has 7 nitrogen and oxygen atoms in total. The molecule has 1 saturated carbocycles. The van der Waals surface area contributed by atoms with E-state index in [-0.39, 0.29) is 23.2 Å². The Kier molecular flexibility index (Phi) is 5.99. The number of piperazine rings is 1. The third kappa shape index (κ3) is 5.43. The molecule has 1 aliphatic carbocycles. The summed E-state index contributed by atoms with van der Waals surface area (Å²) in [5.74, 6) is -0.182. The largest absolute Gasteiger partial charge is 0.416 e. The van der Waals surface area contributed by atoms with Crippen LogP contribution < -0.4 is 5.32 Å². The summed E-state index contributed by atoms with van der Waals surface area (Å²) in [7, 11) is 0. The van der Waals surface area contributed by atoms with E-state index in [1.54, 1.807) is 4.90 Å². The minimum absolute atomic E-state index is 0.0705. The summed E-state index contributed by atoms with van der Waals surface area (Å²) in [6.45, 7) is 3.01. The second-order valence-corrected chi connectivity index (χ2v) is 7.92. The highest BCUT2D eigenvalue weighted by Gasteiger charge is 2.31. The maximum atomic E-state index is 12.9. The maximum absolute atomic E-state index is 12.9. The monoisotopic (exact) mass is 435 g/mol. The van der Waals surface area contributed by atoms with Crippen molar-refractivity contribution in [2.45, 2.75) is 31.5 Å². The van der Waals surface area contributed by atoms with Gasteiger partial charge in [-0.05, 0) is 37.1 Å². The Balaban J connectivity index is 1.31. The first kappa shape index (κ1) is 21.4. The van der Waals surface area contributed by atoms with Crippen molar-refractivity contribution in [1.29, 1.82) is 0 Å². The first-order chi connectivity index (χ1) is 14.8. The van der Waals surface area contributed by atoms with Crippen LogP contribution in [0, 0.1) is 0 Å². The molecule has 0 bridgehead atoms. The summed E-state index contributed by atoms with van der Waals surface area (Å²) in [6, 6.07) is 6.68. The highest BCUT2D eigenvalue weighted by atomic mass is 19.4. The molecule has 31 heavy (non-hydrogen) atoms. The number of aromatic nitrogens is 2. The van der Waals surface area contributed by atoms with Crippen LogP contribution in [0.15, 0.2) is 36.5 Å². The molecule has 2 amide bonds. The Morgan fingerprint density at radius 2 is 1.84 bits per heavy atom. The van der Waals surface area contributed by atoms with Gasteiger partial charge in [-0.15, -0.1) is 0 Å². The number of hydrogen-bond acceptors (Lipinski definition) is 4. The van der Waals surface area contributed by atoms with Gasteiger partial charge in [-0.2, -0.15) is 18.3 Å². The fourth-order valence-electron chi connectivity index (χ4n) is 3.53. The summed E-state index contributed by atoms with van der Waals surface area (Å²) in [5, 5.41) is 7.15. The minimum Gasteiger partial charge on any atom is -0.353 e. The molecule has 1 N–H and O–H groups in total. The van der Waals surface area contributed by atoms with Gasteiger partial charge in [0.05, 0.1) is 11.3 Å². The summed E-state index contributed by atoms with van der Waals surface area (Å²) in [6.07, 6.45) is -0.380. The predicted molar refractivity (Wildman–Crippen MR) is 107 cm³/mol. The Hall–Kier alpha value is -2.88. The Morgan fingerprint density at radius 3 is 2.52 bits per heavy atom. The standard InChI is InChI=1S/C21H24F3N5O2/c22-21(23,24)15-2-1-3-17(14-15)29-9-6-18(26-29)20(31)28-12-10-27(11-13-28)8-7-19(30)25-16-4-5-16/h1-3,6,9,14,16H,4-5,7-8,10-13H2,(H,25,30). The number of rotatable bonds is 6. The van der Waals surface area contributed by atoms with Gasteiger partial charge in [0.15, 0.2) is 5.69 Å². The van der Waals surface area contributed by atoms with Crippen molar-refractivity contribution in [2.75, 3.05) is 32.7 Å². The lowest BCUT2D eigenvalue weighted by atomic mass is 10.2. The number of hydrogen-bond donors (Lipinski definition) is 1. The van der Waals surface area contributed by atoms with Crippen LogP contribution in [0.2, 0.25) is 0 Å². The van der Waals surface area contributed by atoms with Gasteiger partial charge in [0.25, 0.3) is 5.91 Å². The molecule has 0 spiro atoms. The Labute approximate surface area is 177 Å². The zero-order chi connectivity index (χ0) is 22.0. The average molecular weight is 435 g/mol. The number of carbonyl (C=O) groups is 2. The van der Waals surface area contributed by atoms with Gasteiger partial charge in [0.1, 0.15) is 0 Å². The van der Waals surface area contributed by atoms with Gasteiger partial charge < -0.3 is 10.2 Å². The Morgan fingerprint density at radius 1 is 1.10 bits per heavy atom. The summed E-state index contributed by atoms with van der Waals surface area (Å²) < 4.78 is 40.1. The molecule has 2 fully saturated rings. The van der Waals surface area contributed by atoms with E-state index < -0.39 is 11.7 Å². The molecule has 2 aromatic rings. The number of nitrogens with zero attached hydrogens (tertiary/aromatic N) is 4. The highest BCUT2D eigenvalue weighted by molar-refractivity contribution is 5.92. The van der Waals surface area contributed by atoms with Crippen molar-refractivity contribution >= 4 is 11.8 Å². The summed E-state index contributed by atoms with van der Waals surface area (Å²) in [4.78, 5) is 28.4. The van der Waals surface area contributed by atoms with E-state index in [2.05, 4.69) is 15.3 Å². The molecule has 166 valence electrons. The molecule has 1 aliphatic heterocycles.